The van der Waals surface area contributed by atoms with E-state index in [1.165, 1.54) is 6.07 Å². The molecule has 0 radical (unpaired) electrons. The van der Waals surface area contributed by atoms with Gasteiger partial charge in [0.25, 0.3) is 0 Å². The van der Waals surface area contributed by atoms with E-state index in [1.54, 1.807) is 0 Å². The van der Waals surface area contributed by atoms with Crippen LogP contribution in [0, 0.1) is 0 Å². The third-order valence-corrected chi connectivity index (χ3v) is 4.65. The van der Waals surface area contributed by atoms with Crippen LogP contribution < -0.4 is 21.7 Å². The van der Waals surface area contributed by atoms with E-state index in [0.29, 0.717) is 17.9 Å². The lowest BCUT2D eigenvalue weighted by Gasteiger charge is -2.20. The highest BCUT2D eigenvalue weighted by Crippen LogP contribution is 2.34. The maximum atomic E-state index is 13.1. The van der Waals surface area contributed by atoms with E-state index < -0.39 is 11.7 Å². The van der Waals surface area contributed by atoms with Crippen LogP contribution in [0.5, 0.6) is 0 Å². The highest BCUT2D eigenvalue weighted by molar-refractivity contribution is 5.91. The van der Waals surface area contributed by atoms with E-state index in [9.17, 15) is 13.2 Å². The van der Waals surface area contributed by atoms with Crippen molar-refractivity contribution in [3.8, 4) is 0 Å². The molecule has 162 valence electrons. The van der Waals surface area contributed by atoms with Gasteiger partial charge in [-0.2, -0.15) is 18.2 Å². The maximum Gasteiger partial charge on any atom is 0.416 e. The van der Waals surface area contributed by atoms with E-state index in [0.717, 1.165) is 30.5 Å². The Balaban J connectivity index is 0.00000160. The van der Waals surface area contributed by atoms with Crippen LogP contribution in [0.4, 0.5) is 36.3 Å². The average Bonchev–Trinajstić information content (AvgIpc) is 3.06. The van der Waals surface area contributed by atoms with Gasteiger partial charge in [0.05, 0.1) is 11.1 Å². The van der Waals surface area contributed by atoms with Gasteiger partial charge in [0.1, 0.15) is 5.82 Å². The molecule has 1 aromatic heterocycles. The summed E-state index contributed by atoms with van der Waals surface area (Å²) in [5.41, 5.74) is 11.7. The summed E-state index contributed by atoms with van der Waals surface area (Å²) in [5, 5.41) is 3.73. The molecule has 0 aliphatic carbocycles. The summed E-state index contributed by atoms with van der Waals surface area (Å²) in [5.74, 6) is 0.911. The molecular formula is C19H21Cl2F3N6. The monoisotopic (exact) mass is 460 g/mol. The van der Waals surface area contributed by atoms with Gasteiger partial charge >= 0.3 is 6.18 Å². The minimum atomic E-state index is -4.49. The third kappa shape index (κ3) is 4.97. The number of nitrogens with one attached hydrogen (secondary N) is 1. The van der Waals surface area contributed by atoms with E-state index in [2.05, 4.69) is 20.2 Å². The van der Waals surface area contributed by atoms with Crippen molar-refractivity contribution in [2.75, 3.05) is 29.0 Å². The SMILES string of the molecule is Cl.Cl.Nc1cc(Nc2nc(N3CCC(N)C3)c3ccccc3n2)cc(C(F)(F)F)c1. The molecule has 1 saturated heterocycles. The number of nitrogens with zero attached hydrogens (tertiary/aromatic N) is 3. The number of aromatic nitrogens is 2. The van der Waals surface area contributed by atoms with E-state index in [4.69, 9.17) is 11.5 Å². The Morgan fingerprint density at radius 3 is 2.47 bits per heavy atom. The van der Waals surface area contributed by atoms with Crippen LogP contribution in [0.25, 0.3) is 10.9 Å². The van der Waals surface area contributed by atoms with Gasteiger partial charge in [0, 0.05) is 35.9 Å². The molecule has 0 bridgehead atoms. The summed E-state index contributed by atoms with van der Waals surface area (Å²) >= 11 is 0. The normalized spacial score (nSPS) is 16.1. The summed E-state index contributed by atoms with van der Waals surface area (Å²) in [4.78, 5) is 11.1. The molecule has 1 atom stereocenters. The van der Waals surface area contributed by atoms with Crippen LogP contribution in [0.1, 0.15) is 12.0 Å². The van der Waals surface area contributed by atoms with E-state index in [-0.39, 0.29) is 48.2 Å². The van der Waals surface area contributed by atoms with Gasteiger partial charge in [-0.25, -0.2) is 4.98 Å². The molecule has 1 unspecified atom stereocenters. The number of para-hydroxylation sites is 1. The molecule has 6 nitrogen and oxygen atoms in total. The topological polar surface area (TPSA) is 93.1 Å². The molecule has 0 saturated carbocycles. The molecule has 2 heterocycles. The van der Waals surface area contributed by atoms with E-state index in [1.807, 2.05) is 24.3 Å². The second kappa shape index (κ2) is 9.11. The molecule has 1 aliphatic rings. The Kier molecular flexibility index (Phi) is 7.23. The largest absolute Gasteiger partial charge is 0.416 e. The summed E-state index contributed by atoms with van der Waals surface area (Å²) in [7, 11) is 0. The van der Waals surface area contributed by atoms with Crippen molar-refractivity contribution in [2.45, 2.75) is 18.6 Å². The van der Waals surface area contributed by atoms with Gasteiger partial charge in [-0.05, 0) is 36.8 Å². The lowest BCUT2D eigenvalue weighted by atomic mass is 10.1. The molecule has 30 heavy (non-hydrogen) atoms. The number of fused-ring (bicyclic) bond motifs is 1. The Hall–Kier alpha value is -2.49. The first-order chi connectivity index (χ1) is 13.3. The van der Waals surface area contributed by atoms with Crippen molar-refractivity contribution in [2.24, 2.45) is 5.73 Å². The fourth-order valence-electron chi connectivity index (χ4n) is 3.35. The van der Waals surface area contributed by atoms with Crippen LogP contribution in [0.15, 0.2) is 42.5 Å². The van der Waals surface area contributed by atoms with Gasteiger partial charge in [-0.3, -0.25) is 0 Å². The van der Waals surface area contributed by atoms with Crippen molar-refractivity contribution in [3.05, 3.63) is 48.0 Å². The predicted octanol–water partition coefficient (Wildman–Crippen LogP) is 4.36. The number of rotatable bonds is 3. The molecule has 1 aliphatic heterocycles. The number of hydrogen-bond acceptors (Lipinski definition) is 6. The number of alkyl halides is 3. The first-order valence-electron chi connectivity index (χ1n) is 8.82. The molecule has 2 aromatic carbocycles. The van der Waals surface area contributed by atoms with Crippen LogP contribution >= 0.6 is 24.8 Å². The Morgan fingerprint density at radius 1 is 1.07 bits per heavy atom. The molecular weight excluding hydrogens is 440 g/mol. The Labute approximate surface area is 183 Å². The molecule has 5 N–H and O–H groups in total. The second-order valence-corrected chi connectivity index (χ2v) is 6.85. The number of halogens is 5. The summed E-state index contributed by atoms with van der Waals surface area (Å²) in [6.07, 6.45) is -3.64. The minimum Gasteiger partial charge on any atom is -0.399 e. The lowest BCUT2D eigenvalue weighted by Crippen LogP contribution is -2.27. The van der Waals surface area contributed by atoms with Gasteiger partial charge < -0.3 is 21.7 Å². The average molecular weight is 461 g/mol. The van der Waals surface area contributed by atoms with Crippen LogP contribution in [-0.4, -0.2) is 29.1 Å². The van der Waals surface area contributed by atoms with Crippen molar-refractivity contribution >= 4 is 58.9 Å². The maximum absolute atomic E-state index is 13.1. The van der Waals surface area contributed by atoms with E-state index >= 15 is 0 Å². The number of nitrogen functional groups attached to an aromatic ring is 1. The van der Waals surface area contributed by atoms with Gasteiger partial charge in [0.2, 0.25) is 5.95 Å². The fourth-order valence-corrected chi connectivity index (χ4v) is 3.35. The molecule has 4 rings (SSSR count). The quantitative estimate of drug-likeness (QED) is 0.502. The first kappa shape index (κ1) is 23.8. The number of benzene rings is 2. The standard InChI is InChI=1S/C19H19F3N6.2ClH/c20-19(21,22)11-7-13(24)9-14(8-11)25-18-26-16-4-2-1-3-15(16)17(27-18)28-6-5-12(23)10-28;;/h1-4,7-9,12H,5-6,10,23-24H2,(H,25,26,27);2*1H. The zero-order chi connectivity index (χ0) is 19.9. The van der Waals surface area contributed by atoms with Crippen molar-refractivity contribution in [3.63, 3.8) is 0 Å². The van der Waals surface area contributed by atoms with Crippen molar-refractivity contribution in [1.29, 1.82) is 0 Å². The van der Waals surface area contributed by atoms with Gasteiger partial charge in [0.15, 0.2) is 0 Å². The molecule has 11 heteroatoms. The predicted molar refractivity (Wildman–Crippen MR) is 118 cm³/mol. The Morgan fingerprint density at radius 2 is 1.80 bits per heavy atom. The zero-order valence-electron chi connectivity index (χ0n) is 15.7. The lowest BCUT2D eigenvalue weighted by molar-refractivity contribution is -0.137. The number of anilines is 4. The Bertz CT molecular complexity index is 1030. The molecule has 0 amide bonds. The van der Waals surface area contributed by atoms with Gasteiger partial charge in [-0.1, -0.05) is 12.1 Å². The smallest absolute Gasteiger partial charge is 0.399 e. The van der Waals surface area contributed by atoms with Crippen LogP contribution in [0.2, 0.25) is 0 Å². The van der Waals surface area contributed by atoms with Crippen LogP contribution in [-0.2, 0) is 6.18 Å². The molecule has 3 aromatic rings. The zero-order valence-corrected chi connectivity index (χ0v) is 17.3. The second-order valence-electron chi connectivity index (χ2n) is 6.85. The van der Waals surface area contributed by atoms with Crippen molar-refractivity contribution in [1.82, 2.24) is 9.97 Å². The highest BCUT2D eigenvalue weighted by Gasteiger charge is 2.31. The summed E-state index contributed by atoms with van der Waals surface area (Å²) in [6.45, 7) is 1.43. The summed E-state index contributed by atoms with van der Waals surface area (Å²) < 4.78 is 39.2. The number of hydrogen-bond donors (Lipinski definition) is 3. The molecule has 1 fully saturated rings. The molecule has 0 spiro atoms. The van der Waals surface area contributed by atoms with Crippen LogP contribution in [0.3, 0.4) is 0 Å². The van der Waals surface area contributed by atoms with Gasteiger partial charge in [-0.15, -0.1) is 24.8 Å². The third-order valence-electron chi connectivity index (χ3n) is 4.65. The minimum absolute atomic E-state index is 0. The highest BCUT2D eigenvalue weighted by atomic mass is 35.5. The number of nitrogens with two attached hydrogens (primary N) is 2. The fraction of sp³-hybridized carbons (Fsp3) is 0.263. The summed E-state index contributed by atoms with van der Waals surface area (Å²) in [6, 6.07) is 10.9. The first-order valence-corrected chi connectivity index (χ1v) is 8.82. The van der Waals surface area contributed by atoms with Crippen molar-refractivity contribution < 1.29 is 13.2 Å².